The number of anilines is 1. The Hall–Kier alpha value is -0.390. The van der Waals surface area contributed by atoms with Crippen molar-refractivity contribution in [3.63, 3.8) is 0 Å². The zero-order valence-corrected chi connectivity index (χ0v) is 12.5. The van der Waals surface area contributed by atoms with Crippen molar-refractivity contribution < 1.29 is 4.79 Å². The third-order valence-electron chi connectivity index (χ3n) is 2.86. The molecule has 1 aliphatic heterocycles. The zero-order chi connectivity index (χ0) is 12.3. The molecule has 1 aromatic rings. The molecule has 1 heterocycles. The van der Waals surface area contributed by atoms with E-state index in [4.69, 9.17) is 0 Å². The summed E-state index contributed by atoms with van der Waals surface area (Å²) in [7, 11) is 0. The van der Waals surface area contributed by atoms with Crippen LogP contribution in [0.1, 0.15) is 12.8 Å². The van der Waals surface area contributed by atoms with Crippen molar-refractivity contribution in [1.82, 2.24) is 5.32 Å². The highest BCUT2D eigenvalue weighted by Gasteiger charge is 2.21. The summed E-state index contributed by atoms with van der Waals surface area (Å²) in [6.45, 7) is 1.80. The van der Waals surface area contributed by atoms with Crippen molar-refractivity contribution in [2.24, 2.45) is 5.92 Å². The molecule has 0 aromatic heterocycles. The van der Waals surface area contributed by atoms with E-state index in [0.717, 1.165) is 40.6 Å². The summed E-state index contributed by atoms with van der Waals surface area (Å²) < 4.78 is 1.88. The number of hydrogen-bond donors (Lipinski definition) is 2. The van der Waals surface area contributed by atoms with Crippen molar-refractivity contribution in [3.8, 4) is 0 Å². The maximum Gasteiger partial charge on any atom is 0.228 e. The van der Waals surface area contributed by atoms with Crippen molar-refractivity contribution in [3.05, 3.63) is 27.1 Å². The maximum atomic E-state index is 12.0. The number of rotatable bonds is 2. The molecule has 92 valence electrons. The van der Waals surface area contributed by atoms with Crippen LogP contribution < -0.4 is 10.6 Å². The molecule has 0 radical (unpaired) electrons. The molecule has 1 atom stereocenters. The Labute approximate surface area is 118 Å². The van der Waals surface area contributed by atoms with E-state index >= 15 is 0 Å². The molecule has 0 bridgehead atoms. The van der Waals surface area contributed by atoms with E-state index in [9.17, 15) is 4.79 Å². The monoisotopic (exact) mass is 360 g/mol. The number of carbonyl (C=O) groups is 1. The molecule has 1 aliphatic rings. The average Bonchev–Trinajstić information content (AvgIpc) is 2.34. The summed E-state index contributed by atoms with van der Waals surface area (Å²) in [6, 6.07) is 5.73. The van der Waals surface area contributed by atoms with Crippen molar-refractivity contribution in [2.75, 3.05) is 18.4 Å². The van der Waals surface area contributed by atoms with Gasteiger partial charge in [0.25, 0.3) is 0 Å². The van der Waals surface area contributed by atoms with Crippen molar-refractivity contribution >= 4 is 43.5 Å². The van der Waals surface area contributed by atoms with E-state index in [0.29, 0.717) is 0 Å². The molecular weight excluding hydrogens is 348 g/mol. The SMILES string of the molecule is O=C(Nc1ccc(Br)cc1Br)[C@H]1CCCNC1. The smallest absolute Gasteiger partial charge is 0.228 e. The third-order valence-corrected chi connectivity index (χ3v) is 4.01. The number of amides is 1. The first-order valence-corrected chi connectivity index (χ1v) is 7.22. The minimum absolute atomic E-state index is 0.0827. The van der Waals surface area contributed by atoms with E-state index in [1.165, 1.54) is 0 Å². The Bertz CT molecular complexity index is 417. The quantitative estimate of drug-likeness (QED) is 0.849. The zero-order valence-electron chi connectivity index (χ0n) is 9.30. The molecule has 0 spiro atoms. The summed E-state index contributed by atoms with van der Waals surface area (Å²) in [5.41, 5.74) is 0.823. The molecule has 1 fully saturated rings. The molecule has 1 aromatic carbocycles. The lowest BCUT2D eigenvalue weighted by Gasteiger charge is -2.22. The van der Waals surface area contributed by atoms with E-state index in [-0.39, 0.29) is 11.8 Å². The Balaban J connectivity index is 2.02. The first-order chi connectivity index (χ1) is 8.16. The molecule has 0 aliphatic carbocycles. The van der Waals surface area contributed by atoms with Crippen LogP contribution in [0.3, 0.4) is 0 Å². The second kappa shape index (κ2) is 5.98. The average molecular weight is 362 g/mol. The normalized spacial score (nSPS) is 20.0. The highest BCUT2D eigenvalue weighted by Crippen LogP contribution is 2.27. The van der Waals surface area contributed by atoms with Crippen LogP contribution in [0, 0.1) is 5.92 Å². The van der Waals surface area contributed by atoms with Crippen LogP contribution in [-0.4, -0.2) is 19.0 Å². The summed E-state index contributed by atoms with van der Waals surface area (Å²) in [5.74, 6) is 0.180. The van der Waals surface area contributed by atoms with Gasteiger partial charge in [-0.2, -0.15) is 0 Å². The molecule has 2 rings (SSSR count). The van der Waals surface area contributed by atoms with E-state index in [2.05, 4.69) is 42.5 Å². The minimum atomic E-state index is 0.0827. The minimum Gasteiger partial charge on any atom is -0.325 e. The van der Waals surface area contributed by atoms with Crippen LogP contribution in [-0.2, 0) is 4.79 Å². The predicted octanol–water partition coefficient (Wildman–Crippen LogP) is 3.15. The fourth-order valence-corrected chi connectivity index (χ4v) is 3.05. The molecule has 0 saturated carbocycles. The first kappa shape index (κ1) is 13.1. The van der Waals surface area contributed by atoms with Gasteiger partial charge in [0, 0.05) is 15.5 Å². The summed E-state index contributed by atoms with van der Waals surface area (Å²) in [4.78, 5) is 12.0. The second-order valence-corrected chi connectivity index (χ2v) is 5.93. The molecule has 1 amide bonds. The topological polar surface area (TPSA) is 41.1 Å². The number of benzene rings is 1. The molecule has 17 heavy (non-hydrogen) atoms. The number of piperidine rings is 1. The van der Waals surface area contributed by atoms with Crippen LogP contribution in [0.4, 0.5) is 5.69 Å². The van der Waals surface area contributed by atoms with Crippen LogP contribution in [0.15, 0.2) is 27.1 Å². The van der Waals surface area contributed by atoms with E-state index in [1.54, 1.807) is 0 Å². The van der Waals surface area contributed by atoms with Crippen molar-refractivity contribution in [2.45, 2.75) is 12.8 Å². The maximum absolute atomic E-state index is 12.0. The lowest BCUT2D eigenvalue weighted by Crippen LogP contribution is -2.37. The summed E-state index contributed by atoms with van der Waals surface area (Å²) in [6.07, 6.45) is 2.03. The van der Waals surface area contributed by atoms with Crippen LogP contribution >= 0.6 is 31.9 Å². The van der Waals surface area contributed by atoms with Gasteiger partial charge in [-0.3, -0.25) is 4.79 Å². The molecule has 5 heteroatoms. The number of halogens is 2. The molecular formula is C12H14Br2N2O. The Morgan fingerprint density at radius 1 is 1.41 bits per heavy atom. The van der Waals surface area contributed by atoms with E-state index in [1.807, 2.05) is 18.2 Å². The number of nitrogens with one attached hydrogen (secondary N) is 2. The third kappa shape index (κ3) is 3.53. The van der Waals surface area contributed by atoms with Gasteiger partial charge in [0.05, 0.1) is 11.6 Å². The van der Waals surface area contributed by atoms with Gasteiger partial charge in [0.15, 0.2) is 0 Å². The van der Waals surface area contributed by atoms with Gasteiger partial charge < -0.3 is 10.6 Å². The molecule has 0 unspecified atom stereocenters. The fourth-order valence-electron chi connectivity index (χ4n) is 1.90. The lowest BCUT2D eigenvalue weighted by atomic mass is 9.99. The molecule has 1 saturated heterocycles. The van der Waals surface area contributed by atoms with Crippen LogP contribution in [0.25, 0.3) is 0 Å². The first-order valence-electron chi connectivity index (χ1n) is 5.63. The molecule has 2 N–H and O–H groups in total. The van der Waals surface area contributed by atoms with Gasteiger partial charge in [-0.05, 0) is 53.5 Å². The molecule has 3 nitrogen and oxygen atoms in total. The number of hydrogen-bond acceptors (Lipinski definition) is 2. The summed E-state index contributed by atoms with van der Waals surface area (Å²) >= 11 is 6.83. The highest BCUT2D eigenvalue weighted by molar-refractivity contribution is 9.11. The van der Waals surface area contributed by atoms with Crippen molar-refractivity contribution in [1.29, 1.82) is 0 Å². The predicted molar refractivity (Wildman–Crippen MR) is 76.1 cm³/mol. The Morgan fingerprint density at radius 3 is 2.88 bits per heavy atom. The van der Waals surface area contributed by atoms with Crippen LogP contribution in [0.2, 0.25) is 0 Å². The standard InChI is InChI=1S/C12H14Br2N2O/c13-9-3-4-11(10(14)6-9)16-12(17)8-2-1-5-15-7-8/h3-4,6,8,15H,1-2,5,7H2,(H,16,17)/t8-/m0/s1. The Kier molecular flexibility index (Phi) is 4.59. The highest BCUT2D eigenvalue weighted by atomic mass is 79.9. The van der Waals surface area contributed by atoms with Gasteiger partial charge in [0.1, 0.15) is 0 Å². The number of carbonyl (C=O) groups excluding carboxylic acids is 1. The van der Waals surface area contributed by atoms with Gasteiger partial charge in [0.2, 0.25) is 5.91 Å². The van der Waals surface area contributed by atoms with E-state index < -0.39 is 0 Å². The van der Waals surface area contributed by atoms with Gasteiger partial charge in [-0.15, -0.1) is 0 Å². The van der Waals surface area contributed by atoms with Crippen LogP contribution in [0.5, 0.6) is 0 Å². The van der Waals surface area contributed by atoms with Gasteiger partial charge in [-0.1, -0.05) is 15.9 Å². The van der Waals surface area contributed by atoms with Gasteiger partial charge >= 0.3 is 0 Å². The second-order valence-electron chi connectivity index (χ2n) is 4.16. The van der Waals surface area contributed by atoms with Gasteiger partial charge in [-0.25, -0.2) is 0 Å². The fraction of sp³-hybridized carbons (Fsp3) is 0.417. The lowest BCUT2D eigenvalue weighted by molar-refractivity contribution is -0.120. The largest absolute Gasteiger partial charge is 0.325 e. The summed E-state index contributed by atoms with van der Waals surface area (Å²) in [5, 5.41) is 6.21. The Morgan fingerprint density at radius 2 is 2.24 bits per heavy atom.